The summed E-state index contributed by atoms with van der Waals surface area (Å²) in [5.74, 6) is 0.863. The van der Waals surface area contributed by atoms with Gasteiger partial charge in [0.1, 0.15) is 11.5 Å². The summed E-state index contributed by atoms with van der Waals surface area (Å²) in [5, 5.41) is 7.21. The first kappa shape index (κ1) is 23.0. The molecule has 5 heterocycles. The molecule has 1 N–H and O–H groups in total. The summed E-state index contributed by atoms with van der Waals surface area (Å²) in [5.41, 5.74) is -0.358. The van der Waals surface area contributed by atoms with E-state index in [4.69, 9.17) is 0 Å². The Morgan fingerprint density at radius 1 is 1.11 bits per heavy atom. The van der Waals surface area contributed by atoms with Crippen molar-refractivity contribution in [1.82, 2.24) is 29.6 Å². The summed E-state index contributed by atoms with van der Waals surface area (Å²) in [7, 11) is 1.80. The van der Waals surface area contributed by atoms with Crippen LogP contribution in [-0.4, -0.2) is 35.5 Å². The molecule has 35 heavy (non-hydrogen) atoms. The molecular formula is C23H20F3N7OS. The maximum absolute atomic E-state index is 13.3. The number of alkyl halides is 3. The second-order valence-electron chi connectivity index (χ2n) is 8.55. The lowest BCUT2D eigenvalue weighted by molar-refractivity contribution is -0.141. The lowest BCUT2D eigenvalue weighted by atomic mass is 10.0. The highest BCUT2D eigenvalue weighted by Gasteiger charge is 2.45. The van der Waals surface area contributed by atoms with E-state index < -0.39 is 17.4 Å². The Morgan fingerprint density at radius 2 is 1.91 bits per heavy atom. The molecule has 180 valence electrons. The zero-order valence-electron chi connectivity index (χ0n) is 19.0. The Bertz CT molecular complexity index is 1430. The second-order valence-corrected chi connectivity index (χ2v) is 9.60. The van der Waals surface area contributed by atoms with Gasteiger partial charge in [-0.15, -0.1) is 11.3 Å². The Hall–Kier alpha value is -3.80. The molecule has 1 aliphatic heterocycles. The van der Waals surface area contributed by atoms with Crippen LogP contribution in [-0.2, 0) is 25.3 Å². The zero-order valence-corrected chi connectivity index (χ0v) is 19.8. The van der Waals surface area contributed by atoms with E-state index in [9.17, 15) is 18.0 Å². The predicted octanol–water partition coefficient (Wildman–Crippen LogP) is 4.99. The molecule has 1 amide bonds. The number of rotatable bonds is 5. The molecule has 0 fully saturated rings. The first-order chi connectivity index (χ1) is 16.5. The van der Waals surface area contributed by atoms with Gasteiger partial charge in [-0.3, -0.25) is 9.48 Å². The van der Waals surface area contributed by atoms with Crippen LogP contribution in [0.5, 0.6) is 0 Å². The number of aromatic nitrogens is 5. The highest BCUT2D eigenvalue weighted by atomic mass is 32.1. The summed E-state index contributed by atoms with van der Waals surface area (Å²) in [6.45, 7) is 3.72. The molecule has 0 bridgehead atoms. The lowest BCUT2D eigenvalue weighted by Crippen LogP contribution is -2.38. The maximum Gasteiger partial charge on any atom is 0.433 e. The van der Waals surface area contributed by atoms with E-state index >= 15 is 0 Å². The zero-order chi connectivity index (χ0) is 25.0. The van der Waals surface area contributed by atoms with E-state index in [1.165, 1.54) is 23.5 Å². The minimum absolute atomic E-state index is 0.0290. The molecule has 4 aromatic rings. The van der Waals surface area contributed by atoms with E-state index in [0.29, 0.717) is 17.2 Å². The van der Waals surface area contributed by atoms with Crippen LogP contribution in [0.15, 0.2) is 48.8 Å². The molecule has 1 aliphatic rings. The number of nitrogens with zero attached hydrogens (tertiary/aromatic N) is 6. The summed E-state index contributed by atoms with van der Waals surface area (Å²) in [4.78, 5) is 29.0. The summed E-state index contributed by atoms with van der Waals surface area (Å²) < 4.78 is 40.9. The molecule has 8 nitrogen and oxygen atoms in total. The number of aryl methyl sites for hydroxylation is 1. The van der Waals surface area contributed by atoms with E-state index in [-0.39, 0.29) is 18.1 Å². The van der Waals surface area contributed by atoms with Crippen molar-refractivity contribution in [2.75, 3.05) is 5.32 Å². The van der Waals surface area contributed by atoms with Crippen LogP contribution in [0.3, 0.4) is 0 Å². The van der Waals surface area contributed by atoms with Gasteiger partial charge in [-0.2, -0.15) is 18.3 Å². The number of amides is 1. The monoisotopic (exact) mass is 499 g/mol. The van der Waals surface area contributed by atoms with Crippen molar-refractivity contribution in [2.45, 2.75) is 32.1 Å². The fraction of sp³-hybridized carbons (Fsp3) is 0.261. The minimum Gasteiger partial charge on any atom is -0.323 e. The third-order valence-corrected chi connectivity index (χ3v) is 7.29. The van der Waals surface area contributed by atoms with Gasteiger partial charge in [0.25, 0.3) is 5.91 Å². The molecule has 0 atom stereocenters. The molecule has 5 rings (SSSR count). The van der Waals surface area contributed by atoms with Gasteiger partial charge in [0.05, 0.1) is 40.1 Å². The number of carbonyl (C=O) groups is 1. The number of hydrogen-bond acceptors (Lipinski definition) is 7. The Kier molecular flexibility index (Phi) is 5.35. The van der Waals surface area contributed by atoms with Gasteiger partial charge in [0.2, 0.25) is 5.95 Å². The highest BCUT2D eigenvalue weighted by Crippen LogP contribution is 2.46. The third-order valence-electron chi connectivity index (χ3n) is 5.82. The van der Waals surface area contributed by atoms with Crippen molar-refractivity contribution in [2.24, 2.45) is 7.05 Å². The van der Waals surface area contributed by atoms with Gasteiger partial charge < -0.3 is 10.2 Å². The molecule has 0 aliphatic carbocycles. The number of halogens is 3. The first-order valence-corrected chi connectivity index (χ1v) is 11.4. The van der Waals surface area contributed by atoms with E-state index in [1.54, 1.807) is 47.2 Å². The number of carbonyl (C=O) groups excluding carboxylic acids is 1. The van der Waals surface area contributed by atoms with Gasteiger partial charge in [-0.05, 0) is 38.1 Å². The smallest absolute Gasteiger partial charge is 0.323 e. The normalized spacial score (nSPS) is 14.9. The molecule has 12 heteroatoms. The second kappa shape index (κ2) is 8.15. The standard InChI is InChI=1S/C23H20F3N7OS/c1-22(2)19-14(20(34)33(22)12-13-5-4-6-17(29-13)23(24,25)26)11-16(35-19)15-7-9-27-21(30-15)31-18-8-10-28-32(18)3/h4-11H,12H2,1-3H3,(H,27,30,31). The first-order valence-electron chi connectivity index (χ1n) is 10.6. The van der Waals surface area contributed by atoms with Crippen molar-refractivity contribution >= 4 is 29.0 Å². The average Bonchev–Trinajstić information content (AvgIpc) is 3.47. The van der Waals surface area contributed by atoms with Crippen molar-refractivity contribution in [3.63, 3.8) is 0 Å². The molecule has 0 saturated heterocycles. The lowest BCUT2D eigenvalue weighted by Gasteiger charge is -2.32. The van der Waals surface area contributed by atoms with Crippen LogP contribution in [0.4, 0.5) is 24.9 Å². The van der Waals surface area contributed by atoms with Gasteiger partial charge in [-0.1, -0.05) is 6.07 Å². The summed E-state index contributed by atoms with van der Waals surface area (Å²) in [6.07, 6.45) is -1.26. The summed E-state index contributed by atoms with van der Waals surface area (Å²) >= 11 is 1.43. The molecule has 0 spiro atoms. The fourth-order valence-corrected chi connectivity index (χ4v) is 5.21. The Labute approximate surface area is 202 Å². The van der Waals surface area contributed by atoms with E-state index in [1.807, 2.05) is 13.8 Å². The van der Waals surface area contributed by atoms with E-state index in [2.05, 4.69) is 25.4 Å². The van der Waals surface area contributed by atoms with Gasteiger partial charge in [-0.25, -0.2) is 15.0 Å². The number of nitrogens with one attached hydrogen (secondary N) is 1. The SMILES string of the molecule is Cn1nccc1Nc1nccc(-c2cc3c(s2)C(C)(C)N(Cc2cccc(C(F)(F)F)n2)C3=O)n1. The van der Waals surface area contributed by atoms with Crippen LogP contribution in [0.1, 0.15) is 40.5 Å². The van der Waals surface area contributed by atoms with Crippen LogP contribution in [0.2, 0.25) is 0 Å². The van der Waals surface area contributed by atoms with Gasteiger partial charge in [0, 0.05) is 24.2 Å². The number of thiophene rings is 1. The Balaban J connectivity index is 1.41. The topological polar surface area (TPSA) is 88.8 Å². The predicted molar refractivity (Wildman–Crippen MR) is 124 cm³/mol. The van der Waals surface area contributed by atoms with Crippen molar-refractivity contribution < 1.29 is 18.0 Å². The quantitative estimate of drug-likeness (QED) is 0.416. The number of pyridine rings is 1. The third kappa shape index (κ3) is 4.14. The Morgan fingerprint density at radius 3 is 2.60 bits per heavy atom. The summed E-state index contributed by atoms with van der Waals surface area (Å²) in [6, 6.07) is 9.05. The molecule has 0 unspecified atom stereocenters. The van der Waals surface area contributed by atoms with Crippen molar-refractivity contribution in [1.29, 1.82) is 0 Å². The number of fused-ring (bicyclic) bond motifs is 1. The molecule has 4 aromatic heterocycles. The maximum atomic E-state index is 13.3. The average molecular weight is 500 g/mol. The fourth-order valence-electron chi connectivity index (χ4n) is 3.98. The van der Waals surface area contributed by atoms with Crippen LogP contribution < -0.4 is 5.32 Å². The molecule has 0 aromatic carbocycles. The van der Waals surface area contributed by atoms with Gasteiger partial charge in [0.15, 0.2) is 0 Å². The largest absolute Gasteiger partial charge is 0.433 e. The molecule has 0 saturated carbocycles. The number of hydrogen-bond donors (Lipinski definition) is 1. The minimum atomic E-state index is -4.55. The van der Waals surface area contributed by atoms with Crippen LogP contribution in [0.25, 0.3) is 10.6 Å². The molecular weight excluding hydrogens is 479 g/mol. The van der Waals surface area contributed by atoms with E-state index in [0.717, 1.165) is 21.6 Å². The highest BCUT2D eigenvalue weighted by molar-refractivity contribution is 7.16. The van der Waals surface area contributed by atoms with Crippen molar-refractivity contribution in [3.8, 4) is 10.6 Å². The number of anilines is 2. The van der Waals surface area contributed by atoms with Gasteiger partial charge >= 0.3 is 6.18 Å². The van der Waals surface area contributed by atoms with Crippen molar-refractivity contribution in [3.05, 3.63) is 70.6 Å². The van der Waals surface area contributed by atoms with Crippen LogP contribution >= 0.6 is 11.3 Å². The molecule has 0 radical (unpaired) electrons. The van der Waals surface area contributed by atoms with Crippen LogP contribution in [0, 0.1) is 0 Å².